The molecule has 0 fully saturated rings. The molecular weight excluding hydrogens is 409 g/mol. The Morgan fingerprint density at radius 2 is 1.61 bits per heavy atom. The Kier molecular flexibility index (Phi) is 5.53. The fourth-order valence-electron chi connectivity index (χ4n) is 2.32. The molecule has 3 rings (SSSR count). The Hall–Kier alpha value is -3.10. The molecule has 3 aromatic rings. The van der Waals surface area contributed by atoms with Gasteiger partial charge in [-0.05, 0) is 42.5 Å². The van der Waals surface area contributed by atoms with Crippen LogP contribution in [0.2, 0.25) is 5.02 Å². The van der Waals surface area contributed by atoms with Crippen molar-refractivity contribution in [1.82, 2.24) is 0 Å². The van der Waals surface area contributed by atoms with E-state index in [9.17, 15) is 22.7 Å². The van der Waals surface area contributed by atoms with Crippen molar-refractivity contribution in [3.05, 3.63) is 83.1 Å². The monoisotopic (exact) mass is 421 g/mol. The molecule has 0 aliphatic rings. The minimum absolute atomic E-state index is 0.153. The van der Waals surface area contributed by atoms with Gasteiger partial charge in [0.1, 0.15) is 17.3 Å². The summed E-state index contributed by atoms with van der Waals surface area (Å²) < 4.78 is 46.4. The summed E-state index contributed by atoms with van der Waals surface area (Å²) in [5.41, 5.74) is -0.905. The minimum atomic E-state index is -4.17. The van der Waals surface area contributed by atoms with Crippen LogP contribution in [-0.4, -0.2) is 19.5 Å². The normalized spacial score (nSPS) is 11.1. The van der Waals surface area contributed by atoms with Crippen LogP contribution < -0.4 is 9.46 Å². The number of para-hydroxylation sites is 1. The van der Waals surface area contributed by atoms with Crippen molar-refractivity contribution in [3.63, 3.8) is 0 Å². The van der Waals surface area contributed by atoms with Gasteiger partial charge in [-0.15, -0.1) is 0 Å². The number of sulfonamides is 1. The molecule has 0 amide bonds. The fourth-order valence-corrected chi connectivity index (χ4v) is 3.56. The third-order valence-corrected chi connectivity index (χ3v) is 5.32. The number of carbonyl (C=O) groups is 1. The Bertz CT molecular complexity index is 1120. The molecule has 144 valence electrons. The van der Waals surface area contributed by atoms with E-state index in [4.69, 9.17) is 16.3 Å². The number of nitrogens with one attached hydrogen (secondary N) is 1. The van der Waals surface area contributed by atoms with Gasteiger partial charge in [-0.3, -0.25) is 4.72 Å². The third kappa shape index (κ3) is 4.41. The molecule has 0 heterocycles. The highest BCUT2D eigenvalue weighted by Crippen LogP contribution is 2.28. The van der Waals surface area contributed by atoms with Crippen molar-refractivity contribution in [2.45, 2.75) is 4.90 Å². The maximum absolute atomic E-state index is 13.7. The van der Waals surface area contributed by atoms with E-state index in [0.717, 1.165) is 12.1 Å². The highest BCUT2D eigenvalue weighted by Gasteiger charge is 2.21. The number of anilines is 1. The summed E-state index contributed by atoms with van der Waals surface area (Å²) >= 11 is 5.57. The molecule has 28 heavy (non-hydrogen) atoms. The molecule has 0 aliphatic carbocycles. The fraction of sp³-hybridized carbons (Fsp3) is 0. The Morgan fingerprint density at radius 1 is 1.00 bits per heavy atom. The van der Waals surface area contributed by atoms with Crippen LogP contribution in [0.1, 0.15) is 10.4 Å². The second-order valence-electron chi connectivity index (χ2n) is 5.61. The maximum Gasteiger partial charge on any atom is 0.337 e. The van der Waals surface area contributed by atoms with Crippen LogP contribution in [0.3, 0.4) is 0 Å². The first-order valence-corrected chi connectivity index (χ1v) is 9.70. The van der Waals surface area contributed by atoms with E-state index in [1.54, 1.807) is 24.3 Å². The molecule has 0 spiro atoms. The van der Waals surface area contributed by atoms with Crippen molar-refractivity contribution in [2.75, 3.05) is 4.72 Å². The van der Waals surface area contributed by atoms with Crippen molar-refractivity contribution in [2.24, 2.45) is 0 Å². The number of carboxylic acid groups (broad SMARTS) is 1. The van der Waals surface area contributed by atoms with Gasteiger partial charge < -0.3 is 9.84 Å². The molecule has 0 saturated carbocycles. The highest BCUT2D eigenvalue weighted by atomic mass is 35.5. The first-order valence-electron chi connectivity index (χ1n) is 7.84. The third-order valence-electron chi connectivity index (χ3n) is 3.65. The molecule has 3 aromatic carbocycles. The molecule has 0 aromatic heterocycles. The lowest BCUT2D eigenvalue weighted by molar-refractivity contribution is 0.0698. The molecular formula is C19H13ClFNO5S. The summed E-state index contributed by atoms with van der Waals surface area (Å²) in [4.78, 5) is 11.1. The number of halogens is 2. The Morgan fingerprint density at radius 3 is 2.21 bits per heavy atom. The zero-order valence-electron chi connectivity index (χ0n) is 14.1. The van der Waals surface area contributed by atoms with Gasteiger partial charge in [0.15, 0.2) is 0 Å². The first-order chi connectivity index (χ1) is 13.3. The van der Waals surface area contributed by atoms with E-state index in [2.05, 4.69) is 4.72 Å². The Balaban J connectivity index is 1.86. The average Bonchev–Trinajstić information content (AvgIpc) is 2.65. The molecule has 0 radical (unpaired) electrons. The van der Waals surface area contributed by atoms with E-state index in [1.165, 1.54) is 24.3 Å². The molecule has 6 nitrogen and oxygen atoms in total. The van der Waals surface area contributed by atoms with Crippen LogP contribution in [0.5, 0.6) is 11.5 Å². The van der Waals surface area contributed by atoms with Crippen LogP contribution in [0.15, 0.2) is 71.6 Å². The molecule has 0 aliphatic heterocycles. The molecule has 0 atom stereocenters. The van der Waals surface area contributed by atoms with E-state index < -0.39 is 38.1 Å². The lowest BCUT2D eigenvalue weighted by Crippen LogP contribution is -2.16. The second-order valence-corrected chi connectivity index (χ2v) is 7.70. The second kappa shape index (κ2) is 7.87. The van der Waals surface area contributed by atoms with Crippen molar-refractivity contribution >= 4 is 33.3 Å². The number of hydrogen-bond acceptors (Lipinski definition) is 4. The number of rotatable bonds is 6. The smallest absolute Gasteiger partial charge is 0.337 e. The highest BCUT2D eigenvalue weighted by molar-refractivity contribution is 7.92. The maximum atomic E-state index is 13.7. The Labute approximate surface area is 165 Å². The van der Waals surface area contributed by atoms with Gasteiger partial charge >= 0.3 is 5.97 Å². The number of aromatic carboxylic acids is 1. The average molecular weight is 422 g/mol. The van der Waals surface area contributed by atoms with Gasteiger partial charge in [-0.2, -0.15) is 0 Å². The van der Waals surface area contributed by atoms with Crippen LogP contribution >= 0.6 is 11.6 Å². The molecule has 2 N–H and O–H groups in total. The van der Waals surface area contributed by atoms with E-state index in [0.29, 0.717) is 11.5 Å². The van der Waals surface area contributed by atoms with Crippen molar-refractivity contribution in [1.29, 1.82) is 0 Å². The summed E-state index contributed by atoms with van der Waals surface area (Å²) in [6.45, 7) is 0. The van der Waals surface area contributed by atoms with Gasteiger partial charge in [-0.1, -0.05) is 29.8 Å². The standard InChI is InChI=1S/C19H13ClFNO5S/c20-16-10-15(19(23)24)18(11-17(16)21)22-28(25,26)14-8-6-13(7-9-14)27-12-4-2-1-3-5-12/h1-11,22H,(H,23,24). The van der Waals surface area contributed by atoms with Gasteiger partial charge in [0, 0.05) is 6.07 Å². The summed E-state index contributed by atoms with van der Waals surface area (Å²) in [5, 5.41) is 8.76. The summed E-state index contributed by atoms with van der Waals surface area (Å²) in [7, 11) is -4.17. The quantitative estimate of drug-likeness (QED) is 0.598. The van der Waals surface area contributed by atoms with E-state index in [1.807, 2.05) is 6.07 Å². The predicted octanol–water partition coefficient (Wildman–Crippen LogP) is 4.77. The van der Waals surface area contributed by atoms with Crippen molar-refractivity contribution in [3.8, 4) is 11.5 Å². The van der Waals surface area contributed by atoms with Gasteiger partial charge in [-0.25, -0.2) is 17.6 Å². The van der Waals surface area contributed by atoms with Crippen LogP contribution in [-0.2, 0) is 10.0 Å². The number of ether oxygens (including phenoxy) is 1. The molecule has 9 heteroatoms. The van der Waals surface area contributed by atoms with Gasteiger partial charge in [0.2, 0.25) is 0 Å². The minimum Gasteiger partial charge on any atom is -0.478 e. The zero-order chi connectivity index (χ0) is 20.3. The van der Waals surface area contributed by atoms with Gasteiger partial charge in [0.05, 0.1) is 21.2 Å². The summed E-state index contributed by atoms with van der Waals surface area (Å²) in [5.74, 6) is -1.41. The topological polar surface area (TPSA) is 92.7 Å². The van der Waals surface area contributed by atoms with Crippen LogP contribution in [0.25, 0.3) is 0 Å². The van der Waals surface area contributed by atoms with Crippen LogP contribution in [0.4, 0.5) is 10.1 Å². The molecule has 0 bridgehead atoms. The van der Waals surface area contributed by atoms with Gasteiger partial charge in [0.25, 0.3) is 10.0 Å². The zero-order valence-corrected chi connectivity index (χ0v) is 15.7. The lowest BCUT2D eigenvalue weighted by Gasteiger charge is -2.12. The summed E-state index contributed by atoms with van der Waals surface area (Å²) in [6, 6.07) is 15.9. The number of hydrogen-bond donors (Lipinski definition) is 2. The SMILES string of the molecule is O=C(O)c1cc(Cl)c(F)cc1NS(=O)(=O)c1ccc(Oc2ccccc2)cc1. The largest absolute Gasteiger partial charge is 0.478 e. The summed E-state index contributed by atoms with van der Waals surface area (Å²) in [6.07, 6.45) is 0. The van der Waals surface area contributed by atoms with Crippen molar-refractivity contribution < 1.29 is 27.4 Å². The molecule has 0 saturated heterocycles. The van der Waals surface area contributed by atoms with Crippen LogP contribution in [0, 0.1) is 5.82 Å². The first kappa shape index (κ1) is 19.7. The number of benzene rings is 3. The lowest BCUT2D eigenvalue weighted by atomic mass is 10.2. The molecule has 0 unspecified atom stereocenters. The predicted molar refractivity (Wildman–Crippen MR) is 102 cm³/mol. The van der Waals surface area contributed by atoms with E-state index in [-0.39, 0.29) is 4.90 Å². The van der Waals surface area contributed by atoms with E-state index >= 15 is 0 Å². The number of carboxylic acids is 1.